The highest BCUT2D eigenvalue weighted by atomic mass is 16.6. The third-order valence-corrected chi connectivity index (χ3v) is 4.14. The number of carbonyl (C=O) groups excluding carboxylic acids is 2. The smallest absolute Gasteiger partial charge is 0.347 e. The molecule has 0 aliphatic carbocycles. The van der Waals surface area contributed by atoms with Crippen molar-refractivity contribution in [2.75, 3.05) is 5.32 Å². The summed E-state index contributed by atoms with van der Waals surface area (Å²) < 4.78 is 10.7. The minimum atomic E-state index is -0.968. The van der Waals surface area contributed by atoms with Gasteiger partial charge in [-0.25, -0.2) is 4.79 Å². The maximum atomic E-state index is 12.3. The van der Waals surface area contributed by atoms with Crippen molar-refractivity contribution in [1.82, 2.24) is 0 Å². The topological polar surface area (TPSA) is 88.4 Å². The molecule has 0 spiro atoms. The Hall–Kier alpha value is -3.33. The highest BCUT2D eigenvalue weighted by Gasteiger charge is 2.23. The van der Waals surface area contributed by atoms with Gasteiger partial charge in [0.2, 0.25) is 0 Å². The Kier molecular flexibility index (Phi) is 7.16. The largest absolute Gasteiger partial charge is 0.479 e. The molecule has 0 unspecified atom stereocenters. The fourth-order valence-corrected chi connectivity index (χ4v) is 2.38. The summed E-state index contributed by atoms with van der Waals surface area (Å²) in [5.41, 5.74) is 2.31. The van der Waals surface area contributed by atoms with Gasteiger partial charge in [-0.2, -0.15) is 5.26 Å². The van der Waals surface area contributed by atoms with Crippen LogP contribution in [0.5, 0.6) is 5.75 Å². The lowest BCUT2D eigenvalue weighted by molar-refractivity contribution is -0.159. The minimum Gasteiger partial charge on any atom is -0.479 e. The number of carbonyl (C=O) groups is 2. The molecular weight excluding hydrogens is 356 g/mol. The Labute approximate surface area is 165 Å². The quantitative estimate of drug-likeness (QED) is 0.733. The van der Waals surface area contributed by atoms with Crippen molar-refractivity contribution in [2.45, 2.75) is 45.8 Å². The molecule has 2 aromatic rings. The van der Waals surface area contributed by atoms with E-state index in [0.717, 1.165) is 0 Å². The van der Waals surface area contributed by atoms with Crippen molar-refractivity contribution in [2.24, 2.45) is 0 Å². The molecule has 2 aromatic carbocycles. The molecule has 146 valence electrons. The molecular formula is C22H24N2O4. The summed E-state index contributed by atoms with van der Waals surface area (Å²) in [5, 5.41) is 11.5. The van der Waals surface area contributed by atoms with Gasteiger partial charge in [0.05, 0.1) is 11.6 Å². The molecule has 2 atom stereocenters. The molecule has 0 aliphatic rings. The average Bonchev–Trinajstić information content (AvgIpc) is 2.68. The Morgan fingerprint density at radius 2 is 1.54 bits per heavy atom. The molecule has 1 N–H and O–H groups in total. The molecule has 0 saturated carbocycles. The van der Waals surface area contributed by atoms with E-state index >= 15 is 0 Å². The van der Waals surface area contributed by atoms with Crippen LogP contribution in [0.2, 0.25) is 0 Å². The van der Waals surface area contributed by atoms with Gasteiger partial charge < -0.3 is 14.8 Å². The first kappa shape index (κ1) is 21.0. The normalized spacial score (nSPS) is 12.6. The fraction of sp³-hybridized carbons (Fsp3) is 0.318. The lowest BCUT2D eigenvalue weighted by Crippen LogP contribution is -2.35. The van der Waals surface area contributed by atoms with E-state index in [4.69, 9.17) is 14.7 Å². The van der Waals surface area contributed by atoms with E-state index in [-0.39, 0.29) is 0 Å². The molecule has 0 saturated heterocycles. The summed E-state index contributed by atoms with van der Waals surface area (Å²) in [6.07, 6.45) is -1.86. The third-order valence-electron chi connectivity index (χ3n) is 4.14. The highest BCUT2D eigenvalue weighted by Crippen LogP contribution is 2.18. The van der Waals surface area contributed by atoms with Crippen molar-refractivity contribution < 1.29 is 19.1 Å². The van der Waals surface area contributed by atoms with E-state index in [1.54, 1.807) is 24.3 Å². The van der Waals surface area contributed by atoms with E-state index in [1.807, 2.05) is 30.3 Å². The van der Waals surface area contributed by atoms with Crippen LogP contribution in [-0.2, 0) is 14.3 Å². The van der Waals surface area contributed by atoms with Crippen LogP contribution in [-0.4, -0.2) is 24.1 Å². The Morgan fingerprint density at radius 3 is 2.07 bits per heavy atom. The van der Waals surface area contributed by atoms with Gasteiger partial charge in [0, 0.05) is 5.69 Å². The first-order valence-corrected chi connectivity index (χ1v) is 9.08. The van der Waals surface area contributed by atoms with E-state index < -0.39 is 24.1 Å². The van der Waals surface area contributed by atoms with Crippen molar-refractivity contribution in [1.29, 1.82) is 5.26 Å². The van der Waals surface area contributed by atoms with E-state index in [1.165, 1.54) is 19.4 Å². The molecule has 0 bridgehead atoms. The van der Waals surface area contributed by atoms with Crippen LogP contribution in [0, 0.1) is 11.3 Å². The number of anilines is 1. The van der Waals surface area contributed by atoms with Crippen LogP contribution < -0.4 is 10.1 Å². The molecule has 1 amide bonds. The van der Waals surface area contributed by atoms with Gasteiger partial charge in [0.1, 0.15) is 5.75 Å². The first-order chi connectivity index (χ1) is 13.3. The number of ether oxygens (including phenoxy) is 2. The monoisotopic (exact) mass is 380 g/mol. The lowest BCUT2D eigenvalue weighted by atomic mass is 10.0. The second-order valence-corrected chi connectivity index (χ2v) is 6.74. The summed E-state index contributed by atoms with van der Waals surface area (Å²) in [4.78, 5) is 24.4. The van der Waals surface area contributed by atoms with Gasteiger partial charge in [-0.05, 0) is 61.7 Å². The zero-order chi connectivity index (χ0) is 20.7. The number of amides is 1. The lowest BCUT2D eigenvalue weighted by Gasteiger charge is -2.18. The third kappa shape index (κ3) is 5.85. The summed E-state index contributed by atoms with van der Waals surface area (Å²) in [6.45, 7) is 7.23. The maximum absolute atomic E-state index is 12.3. The molecule has 0 fully saturated rings. The van der Waals surface area contributed by atoms with Gasteiger partial charge in [0.15, 0.2) is 12.2 Å². The fourth-order valence-electron chi connectivity index (χ4n) is 2.38. The zero-order valence-corrected chi connectivity index (χ0v) is 16.4. The van der Waals surface area contributed by atoms with Crippen molar-refractivity contribution in [3.8, 4) is 11.8 Å². The standard InChI is InChI=1S/C22H24N2O4/c1-14(2)18-7-9-19(10-8-18)24-21(25)15(3)28-22(26)16(4)27-20-11-5-17(13-23)6-12-20/h5-12,14-16H,1-4H3,(H,24,25)/t15-,16+/m1/s1. The molecule has 28 heavy (non-hydrogen) atoms. The van der Waals surface area contributed by atoms with Gasteiger partial charge >= 0.3 is 5.97 Å². The molecule has 6 heteroatoms. The molecule has 6 nitrogen and oxygen atoms in total. The summed E-state index contributed by atoms with van der Waals surface area (Å²) in [5.74, 6) is -0.230. The molecule has 0 radical (unpaired) electrons. The van der Waals surface area contributed by atoms with E-state index in [2.05, 4.69) is 19.2 Å². The van der Waals surface area contributed by atoms with E-state index in [0.29, 0.717) is 22.9 Å². The van der Waals surface area contributed by atoms with Crippen LogP contribution in [0.15, 0.2) is 48.5 Å². The molecule has 0 aromatic heterocycles. The highest BCUT2D eigenvalue weighted by molar-refractivity contribution is 5.95. The molecule has 0 aliphatic heterocycles. The van der Waals surface area contributed by atoms with E-state index in [9.17, 15) is 9.59 Å². The first-order valence-electron chi connectivity index (χ1n) is 9.08. The number of hydrogen-bond donors (Lipinski definition) is 1. The predicted octanol–water partition coefficient (Wildman–Crippen LogP) is 4.02. The summed E-state index contributed by atoms with van der Waals surface area (Å²) in [7, 11) is 0. The number of rotatable bonds is 7. The number of nitrogens with one attached hydrogen (secondary N) is 1. The summed E-state index contributed by atoms with van der Waals surface area (Å²) >= 11 is 0. The Morgan fingerprint density at radius 1 is 0.929 bits per heavy atom. The second kappa shape index (κ2) is 9.56. The number of nitrogens with zero attached hydrogens (tertiary/aromatic N) is 1. The number of nitriles is 1. The Bertz CT molecular complexity index is 852. The SMILES string of the molecule is CC(C)c1ccc(NC(=O)[C@@H](C)OC(=O)[C@H](C)Oc2ccc(C#N)cc2)cc1. The number of benzene rings is 2. The van der Waals surface area contributed by atoms with Crippen molar-refractivity contribution in [3.05, 3.63) is 59.7 Å². The molecule has 2 rings (SSSR count). The van der Waals surface area contributed by atoms with Crippen LogP contribution in [0.3, 0.4) is 0 Å². The van der Waals surface area contributed by atoms with Gasteiger partial charge in [0.25, 0.3) is 5.91 Å². The predicted molar refractivity (Wildman–Crippen MR) is 106 cm³/mol. The van der Waals surface area contributed by atoms with Crippen LogP contribution in [0.4, 0.5) is 5.69 Å². The molecule has 0 heterocycles. The minimum absolute atomic E-state index is 0.405. The van der Waals surface area contributed by atoms with Crippen LogP contribution >= 0.6 is 0 Å². The maximum Gasteiger partial charge on any atom is 0.347 e. The van der Waals surface area contributed by atoms with Gasteiger partial charge in [-0.1, -0.05) is 26.0 Å². The Balaban J connectivity index is 1.87. The number of esters is 1. The second-order valence-electron chi connectivity index (χ2n) is 6.74. The van der Waals surface area contributed by atoms with Crippen LogP contribution in [0.25, 0.3) is 0 Å². The van der Waals surface area contributed by atoms with Gasteiger partial charge in [-0.3, -0.25) is 4.79 Å². The van der Waals surface area contributed by atoms with Crippen molar-refractivity contribution in [3.63, 3.8) is 0 Å². The number of hydrogen-bond acceptors (Lipinski definition) is 5. The van der Waals surface area contributed by atoms with Crippen molar-refractivity contribution >= 4 is 17.6 Å². The van der Waals surface area contributed by atoms with Gasteiger partial charge in [-0.15, -0.1) is 0 Å². The zero-order valence-electron chi connectivity index (χ0n) is 16.4. The van der Waals surface area contributed by atoms with Crippen LogP contribution in [0.1, 0.15) is 44.7 Å². The average molecular weight is 380 g/mol. The summed E-state index contributed by atoms with van der Waals surface area (Å²) in [6, 6.07) is 15.9.